The first-order chi connectivity index (χ1) is 20.4. The van der Waals surface area contributed by atoms with Gasteiger partial charge in [-0.1, -0.05) is 60.1 Å². The number of carbonyl (C=O) groups excluding carboxylic acids is 3. The SMILES string of the molecule is O=C(c1cccc(Cl)c1)C1C(c2cccs2)C(C(=O)N2CCNCC2)N(C(=O)c2ccc(F)cc2)C1c1ccccc1. The third-order valence-electron chi connectivity index (χ3n) is 8.10. The number of thiophene rings is 1. The average Bonchev–Trinajstić information content (AvgIpc) is 3.68. The highest BCUT2D eigenvalue weighted by molar-refractivity contribution is 7.10. The Morgan fingerprint density at radius 2 is 1.60 bits per heavy atom. The van der Waals surface area contributed by atoms with Crippen molar-refractivity contribution in [3.05, 3.63) is 129 Å². The molecule has 0 radical (unpaired) electrons. The van der Waals surface area contributed by atoms with E-state index in [0.717, 1.165) is 10.4 Å². The smallest absolute Gasteiger partial charge is 0.255 e. The lowest BCUT2D eigenvalue weighted by Gasteiger charge is -2.36. The molecule has 0 aliphatic carbocycles. The molecule has 0 saturated carbocycles. The maximum atomic E-state index is 14.6. The molecule has 214 valence electrons. The van der Waals surface area contributed by atoms with Gasteiger partial charge in [0.1, 0.15) is 11.9 Å². The molecule has 6 rings (SSSR count). The number of amides is 2. The third-order valence-corrected chi connectivity index (χ3v) is 9.31. The zero-order valence-electron chi connectivity index (χ0n) is 22.7. The zero-order valence-corrected chi connectivity index (χ0v) is 24.2. The number of likely N-dealkylation sites (tertiary alicyclic amines) is 1. The van der Waals surface area contributed by atoms with Gasteiger partial charge in [-0.15, -0.1) is 11.3 Å². The number of ketones is 1. The Balaban J connectivity index is 1.58. The average molecular weight is 602 g/mol. The molecule has 3 heterocycles. The molecule has 4 aromatic rings. The van der Waals surface area contributed by atoms with Crippen molar-refractivity contribution in [2.24, 2.45) is 5.92 Å². The van der Waals surface area contributed by atoms with Gasteiger partial charge in [0, 0.05) is 53.1 Å². The van der Waals surface area contributed by atoms with Crippen LogP contribution in [0.5, 0.6) is 0 Å². The van der Waals surface area contributed by atoms with Crippen molar-refractivity contribution >= 4 is 40.5 Å². The fraction of sp³-hybridized carbons (Fsp3) is 0.242. The Hall–Kier alpha value is -3.85. The van der Waals surface area contributed by atoms with E-state index in [0.29, 0.717) is 36.8 Å². The summed E-state index contributed by atoms with van der Waals surface area (Å²) in [5.41, 5.74) is 1.40. The number of hydrogen-bond acceptors (Lipinski definition) is 5. The van der Waals surface area contributed by atoms with Crippen LogP contribution in [0.2, 0.25) is 5.02 Å². The Morgan fingerprint density at radius 3 is 2.26 bits per heavy atom. The molecule has 1 N–H and O–H groups in total. The van der Waals surface area contributed by atoms with Gasteiger partial charge in [-0.3, -0.25) is 14.4 Å². The van der Waals surface area contributed by atoms with Gasteiger partial charge in [0.15, 0.2) is 5.78 Å². The van der Waals surface area contributed by atoms with Crippen LogP contribution in [0, 0.1) is 11.7 Å². The molecule has 1 aromatic heterocycles. The molecule has 9 heteroatoms. The van der Waals surface area contributed by atoms with Crippen molar-refractivity contribution in [2.75, 3.05) is 26.2 Å². The van der Waals surface area contributed by atoms with Crippen LogP contribution in [-0.2, 0) is 4.79 Å². The molecule has 4 atom stereocenters. The number of nitrogens with zero attached hydrogens (tertiary/aromatic N) is 2. The van der Waals surface area contributed by atoms with Crippen LogP contribution in [0.4, 0.5) is 4.39 Å². The second-order valence-electron chi connectivity index (χ2n) is 10.5. The number of halogens is 2. The summed E-state index contributed by atoms with van der Waals surface area (Å²) < 4.78 is 13.9. The van der Waals surface area contributed by atoms with E-state index in [2.05, 4.69) is 5.32 Å². The Kier molecular flexibility index (Phi) is 8.20. The molecule has 0 bridgehead atoms. The lowest BCUT2D eigenvalue weighted by molar-refractivity contribution is -0.136. The number of Topliss-reactive ketones (excluding diaryl/α,β-unsaturated/α-hetero) is 1. The summed E-state index contributed by atoms with van der Waals surface area (Å²) in [5.74, 6) is -2.70. The molecule has 4 unspecified atom stereocenters. The molecule has 2 aliphatic heterocycles. The van der Waals surface area contributed by atoms with E-state index in [4.69, 9.17) is 11.6 Å². The fourth-order valence-corrected chi connectivity index (χ4v) is 7.32. The highest BCUT2D eigenvalue weighted by Gasteiger charge is 2.58. The lowest BCUT2D eigenvalue weighted by Crippen LogP contribution is -2.54. The maximum Gasteiger partial charge on any atom is 0.255 e. The predicted octanol–water partition coefficient (Wildman–Crippen LogP) is 5.82. The zero-order chi connectivity index (χ0) is 29.2. The van der Waals surface area contributed by atoms with E-state index >= 15 is 0 Å². The van der Waals surface area contributed by atoms with Gasteiger partial charge >= 0.3 is 0 Å². The molecule has 3 aromatic carbocycles. The van der Waals surface area contributed by atoms with Crippen LogP contribution in [0.15, 0.2) is 96.4 Å². The summed E-state index contributed by atoms with van der Waals surface area (Å²) in [6.45, 7) is 2.27. The molecule has 42 heavy (non-hydrogen) atoms. The van der Waals surface area contributed by atoms with Crippen LogP contribution < -0.4 is 5.32 Å². The largest absolute Gasteiger partial charge is 0.338 e. The van der Waals surface area contributed by atoms with Gasteiger partial charge in [-0.2, -0.15) is 0 Å². The van der Waals surface area contributed by atoms with Gasteiger partial charge in [0.05, 0.1) is 12.0 Å². The highest BCUT2D eigenvalue weighted by Crippen LogP contribution is 2.53. The maximum absolute atomic E-state index is 14.6. The van der Waals surface area contributed by atoms with Gasteiger partial charge < -0.3 is 15.1 Å². The highest BCUT2D eigenvalue weighted by atomic mass is 35.5. The second-order valence-corrected chi connectivity index (χ2v) is 12.0. The molecule has 2 saturated heterocycles. The quantitative estimate of drug-likeness (QED) is 0.283. The summed E-state index contributed by atoms with van der Waals surface area (Å²) in [4.78, 5) is 47.9. The van der Waals surface area contributed by atoms with E-state index in [1.165, 1.54) is 35.6 Å². The number of rotatable bonds is 6. The predicted molar refractivity (Wildman–Crippen MR) is 161 cm³/mol. The van der Waals surface area contributed by atoms with Gasteiger partial charge in [-0.25, -0.2) is 4.39 Å². The summed E-state index contributed by atoms with van der Waals surface area (Å²) in [5, 5.41) is 5.63. The van der Waals surface area contributed by atoms with E-state index in [9.17, 15) is 18.8 Å². The minimum atomic E-state index is -0.961. The van der Waals surface area contributed by atoms with Crippen molar-refractivity contribution in [2.45, 2.75) is 18.0 Å². The van der Waals surface area contributed by atoms with Crippen molar-refractivity contribution in [1.29, 1.82) is 0 Å². The van der Waals surface area contributed by atoms with E-state index in [1.807, 2.05) is 47.8 Å². The van der Waals surface area contributed by atoms with Crippen molar-refractivity contribution in [3.63, 3.8) is 0 Å². The molecule has 2 amide bonds. The van der Waals surface area contributed by atoms with E-state index in [-0.39, 0.29) is 17.3 Å². The van der Waals surface area contributed by atoms with Crippen LogP contribution in [0.1, 0.15) is 43.1 Å². The normalized spacial score (nSPS) is 22.2. The Labute approximate surface area is 252 Å². The Bertz CT molecular complexity index is 1580. The van der Waals surface area contributed by atoms with Crippen LogP contribution in [0.25, 0.3) is 0 Å². The summed E-state index contributed by atoms with van der Waals surface area (Å²) >= 11 is 7.79. The molecule has 0 spiro atoms. The van der Waals surface area contributed by atoms with Gasteiger partial charge in [0.2, 0.25) is 5.91 Å². The van der Waals surface area contributed by atoms with Crippen molar-refractivity contribution in [3.8, 4) is 0 Å². The van der Waals surface area contributed by atoms with Crippen LogP contribution in [-0.4, -0.2) is 59.6 Å². The number of carbonyl (C=O) groups is 3. The lowest BCUT2D eigenvalue weighted by atomic mass is 9.78. The number of nitrogens with one attached hydrogen (secondary N) is 1. The molecule has 6 nitrogen and oxygen atoms in total. The van der Waals surface area contributed by atoms with Gasteiger partial charge in [-0.05, 0) is 53.4 Å². The standard InChI is InChI=1S/C33H29ClFN3O3S/c34-24-9-4-8-23(20-24)31(39)28-27(26-10-5-19-42-26)30(33(41)37-17-15-36-16-18-37)38(29(28)21-6-2-1-3-7-21)32(40)22-11-13-25(35)14-12-22/h1-14,19-20,27-30,36H,15-18H2. The fourth-order valence-electron chi connectivity index (χ4n) is 6.22. The first kappa shape index (κ1) is 28.3. The minimum Gasteiger partial charge on any atom is -0.338 e. The number of benzene rings is 3. The van der Waals surface area contributed by atoms with E-state index < -0.39 is 35.6 Å². The van der Waals surface area contributed by atoms with E-state index in [1.54, 1.807) is 34.1 Å². The first-order valence-corrected chi connectivity index (χ1v) is 15.2. The molecular formula is C33H29ClFN3O3S. The van der Waals surface area contributed by atoms with Gasteiger partial charge in [0.25, 0.3) is 5.91 Å². The molecular weight excluding hydrogens is 573 g/mol. The topological polar surface area (TPSA) is 69.7 Å². The third kappa shape index (κ3) is 5.38. The number of hydrogen-bond donors (Lipinski definition) is 1. The first-order valence-electron chi connectivity index (χ1n) is 13.9. The number of piperazine rings is 1. The summed E-state index contributed by atoms with van der Waals surface area (Å²) in [6, 6.07) is 23.6. The second kappa shape index (κ2) is 12.2. The van der Waals surface area contributed by atoms with Crippen molar-refractivity contribution < 1.29 is 18.8 Å². The summed E-state index contributed by atoms with van der Waals surface area (Å²) in [6.07, 6.45) is 0. The minimum absolute atomic E-state index is 0.197. The Morgan fingerprint density at radius 1 is 0.857 bits per heavy atom. The molecule has 2 aliphatic rings. The van der Waals surface area contributed by atoms with Crippen LogP contribution in [0.3, 0.4) is 0 Å². The molecule has 2 fully saturated rings. The monoisotopic (exact) mass is 601 g/mol. The summed E-state index contributed by atoms with van der Waals surface area (Å²) in [7, 11) is 0. The van der Waals surface area contributed by atoms with Crippen molar-refractivity contribution in [1.82, 2.24) is 15.1 Å². The van der Waals surface area contributed by atoms with Crippen LogP contribution >= 0.6 is 22.9 Å².